The zero-order valence-corrected chi connectivity index (χ0v) is 12.9. The highest BCUT2D eigenvalue weighted by Gasteiger charge is 2.18. The summed E-state index contributed by atoms with van der Waals surface area (Å²) in [5, 5.41) is 10.8. The van der Waals surface area contributed by atoms with Gasteiger partial charge in [-0.1, -0.05) is 6.07 Å². The number of hydrogen-bond acceptors (Lipinski definition) is 5. The van der Waals surface area contributed by atoms with Crippen LogP contribution in [0.2, 0.25) is 0 Å². The second-order valence-corrected chi connectivity index (χ2v) is 6.60. The topological polar surface area (TPSA) is 102 Å². The van der Waals surface area contributed by atoms with E-state index in [0.717, 1.165) is 11.3 Å². The molecule has 0 fully saturated rings. The highest BCUT2D eigenvalue weighted by molar-refractivity contribution is 7.89. The van der Waals surface area contributed by atoms with Crippen molar-refractivity contribution in [2.75, 3.05) is 0 Å². The van der Waals surface area contributed by atoms with Crippen molar-refractivity contribution >= 4 is 15.7 Å². The second-order valence-electron chi connectivity index (χ2n) is 4.84. The van der Waals surface area contributed by atoms with Gasteiger partial charge < -0.3 is 0 Å². The normalized spacial score (nSPS) is 11.4. The standard InChI is InChI=1S/C14H15N3O4S/c1-10-7-13(5-6-14(10)17(18)19)22(20,21)16-9-12-4-3-11(2)15-8-12/h3-8,16H,9H2,1-2H3. The third-order valence-corrected chi connectivity index (χ3v) is 4.51. The number of nitro groups is 1. The molecule has 1 N–H and O–H groups in total. The maximum Gasteiger partial charge on any atom is 0.272 e. The van der Waals surface area contributed by atoms with Gasteiger partial charge in [-0.05, 0) is 37.6 Å². The number of aromatic nitrogens is 1. The first-order valence-electron chi connectivity index (χ1n) is 6.46. The molecule has 0 atom stereocenters. The lowest BCUT2D eigenvalue weighted by molar-refractivity contribution is -0.385. The first kappa shape index (κ1) is 16.1. The molecule has 0 saturated heterocycles. The van der Waals surface area contributed by atoms with E-state index in [1.54, 1.807) is 18.3 Å². The van der Waals surface area contributed by atoms with Crippen molar-refractivity contribution in [2.45, 2.75) is 25.3 Å². The molecule has 0 amide bonds. The Morgan fingerprint density at radius 1 is 1.23 bits per heavy atom. The Labute approximate surface area is 128 Å². The molecule has 0 aliphatic carbocycles. The smallest absolute Gasteiger partial charge is 0.261 e. The minimum absolute atomic E-state index is 0.00401. The van der Waals surface area contributed by atoms with Gasteiger partial charge in [0.25, 0.3) is 5.69 Å². The molecular formula is C14H15N3O4S. The van der Waals surface area contributed by atoms with Crippen molar-refractivity contribution in [2.24, 2.45) is 0 Å². The monoisotopic (exact) mass is 321 g/mol. The van der Waals surface area contributed by atoms with Crippen LogP contribution in [0.15, 0.2) is 41.4 Å². The SMILES string of the molecule is Cc1ccc(CNS(=O)(=O)c2ccc([N+](=O)[O-])c(C)c2)cn1. The number of sulfonamides is 1. The molecule has 2 rings (SSSR count). The maximum atomic E-state index is 12.2. The molecule has 0 aliphatic heterocycles. The van der Waals surface area contributed by atoms with Gasteiger partial charge in [-0.25, -0.2) is 13.1 Å². The summed E-state index contributed by atoms with van der Waals surface area (Å²) in [7, 11) is -3.73. The van der Waals surface area contributed by atoms with Crippen molar-refractivity contribution in [3.05, 3.63) is 63.5 Å². The van der Waals surface area contributed by atoms with Gasteiger partial charge in [0, 0.05) is 30.1 Å². The van der Waals surface area contributed by atoms with E-state index >= 15 is 0 Å². The number of nitrogens with zero attached hydrogens (tertiary/aromatic N) is 2. The Balaban J connectivity index is 2.18. The Morgan fingerprint density at radius 3 is 2.50 bits per heavy atom. The van der Waals surface area contributed by atoms with Crippen molar-refractivity contribution in [1.82, 2.24) is 9.71 Å². The van der Waals surface area contributed by atoms with Crippen molar-refractivity contribution in [1.29, 1.82) is 0 Å². The lowest BCUT2D eigenvalue weighted by Crippen LogP contribution is -2.23. The summed E-state index contributed by atoms with van der Waals surface area (Å²) in [5.41, 5.74) is 1.76. The Bertz CT molecular complexity index is 801. The van der Waals surface area contributed by atoms with Gasteiger partial charge in [0.1, 0.15) is 0 Å². The van der Waals surface area contributed by atoms with Gasteiger partial charge in [0.15, 0.2) is 0 Å². The van der Waals surface area contributed by atoms with Crippen LogP contribution >= 0.6 is 0 Å². The second kappa shape index (κ2) is 6.20. The lowest BCUT2D eigenvalue weighted by atomic mass is 10.2. The van der Waals surface area contributed by atoms with E-state index < -0.39 is 14.9 Å². The van der Waals surface area contributed by atoms with Crippen LogP contribution in [0, 0.1) is 24.0 Å². The van der Waals surface area contributed by atoms with Crippen molar-refractivity contribution < 1.29 is 13.3 Å². The predicted molar refractivity (Wildman–Crippen MR) is 80.8 cm³/mol. The molecule has 1 aromatic carbocycles. The third-order valence-electron chi connectivity index (χ3n) is 3.11. The summed E-state index contributed by atoms with van der Waals surface area (Å²) < 4.78 is 26.9. The summed E-state index contributed by atoms with van der Waals surface area (Å²) in [5.74, 6) is 0. The van der Waals surface area contributed by atoms with Gasteiger partial charge in [0.2, 0.25) is 10.0 Å². The molecule has 8 heteroatoms. The van der Waals surface area contributed by atoms with E-state index in [1.165, 1.54) is 25.1 Å². The molecule has 22 heavy (non-hydrogen) atoms. The number of pyridine rings is 1. The van der Waals surface area contributed by atoms with Crippen LogP contribution in [0.1, 0.15) is 16.8 Å². The van der Waals surface area contributed by atoms with Gasteiger partial charge in [0.05, 0.1) is 9.82 Å². The third kappa shape index (κ3) is 3.66. The molecule has 0 saturated carbocycles. The van der Waals surface area contributed by atoms with Gasteiger partial charge in [-0.15, -0.1) is 0 Å². The molecule has 0 radical (unpaired) electrons. The summed E-state index contributed by atoms with van der Waals surface area (Å²) in [6.45, 7) is 3.44. The molecule has 0 bridgehead atoms. The van der Waals surface area contributed by atoms with Crippen molar-refractivity contribution in [3.63, 3.8) is 0 Å². The lowest BCUT2D eigenvalue weighted by Gasteiger charge is -2.08. The molecule has 0 spiro atoms. The molecule has 0 aliphatic rings. The number of rotatable bonds is 5. The Morgan fingerprint density at radius 2 is 1.95 bits per heavy atom. The van der Waals surface area contributed by atoms with E-state index in [1.807, 2.05) is 6.92 Å². The maximum absolute atomic E-state index is 12.2. The summed E-state index contributed by atoms with van der Waals surface area (Å²) in [4.78, 5) is 14.3. The number of aryl methyl sites for hydroxylation is 2. The predicted octanol–water partition coefficient (Wildman–Crippen LogP) is 2.09. The minimum Gasteiger partial charge on any atom is -0.261 e. The highest BCUT2D eigenvalue weighted by Crippen LogP contribution is 2.21. The largest absolute Gasteiger partial charge is 0.272 e. The van der Waals surface area contributed by atoms with E-state index in [2.05, 4.69) is 9.71 Å². The summed E-state index contributed by atoms with van der Waals surface area (Å²) in [6, 6.07) is 7.28. The number of hydrogen-bond donors (Lipinski definition) is 1. The average molecular weight is 321 g/mol. The van der Waals surface area contributed by atoms with E-state index in [9.17, 15) is 18.5 Å². The molecule has 7 nitrogen and oxygen atoms in total. The number of benzene rings is 1. The molecule has 2 aromatic rings. The quantitative estimate of drug-likeness (QED) is 0.671. The highest BCUT2D eigenvalue weighted by atomic mass is 32.2. The van der Waals surface area contributed by atoms with Crippen LogP contribution in [0.3, 0.4) is 0 Å². The fourth-order valence-electron chi connectivity index (χ4n) is 1.86. The van der Waals surface area contributed by atoms with Crippen LogP contribution in [0.4, 0.5) is 5.69 Å². The van der Waals surface area contributed by atoms with E-state index in [0.29, 0.717) is 5.56 Å². The van der Waals surface area contributed by atoms with Crippen LogP contribution in [-0.4, -0.2) is 18.3 Å². The fraction of sp³-hybridized carbons (Fsp3) is 0.214. The van der Waals surface area contributed by atoms with Gasteiger partial charge in [-0.2, -0.15) is 0 Å². The number of nitro benzene ring substituents is 1. The molecule has 116 valence electrons. The van der Waals surface area contributed by atoms with Crippen molar-refractivity contribution in [3.8, 4) is 0 Å². The van der Waals surface area contributed by atoms with Crippen LogP contribution in [0.5, 0.6) is 0 Å². The zero-order valence-electron chi connectivity index (χ0n) is 12.1. The number of nitrogens with one attached hydrogen (secondary N) is 1. The summed E-state index contributed by atoms with van der Waals surface area (Å²) in [6.07, 6.45) is 1.60. The first-order chi connectivity index (χ1) is 10.3. The zero-order chi connectivity index (χ0) is 16.3. The van der Waals surface area contributed by atoms with E-state index in [-0.39, 0.29) is 17.1 Å². The molecule has 0 unspecified atom stereocenters. The van der Waals surface area contributed by atoms with Crippen LogP contribution in [0.25, 0.3) is 0 Å². The fourth-order valence-corrected chi connectivity index (χ4v) is 2.97. The van der Waals surface area contributed by atoms with Gasteiger partial charge in [-0.3, -0.25) is 15.1 Å². The van der Waals surface area contributed by atoms with Crippen LogP contribution < -0.4 is 4.72 Å². The average Bonchev–Trinajstić information content (AvgIpc) is 2.46. The minimum atomic E-state index is -3.73. The van der Waals surface area contributed by atoms with Gasteiger partial charge >= 0.3 is 0 Å². The molecular weight excluding hydrogens is 306 g/mol. The first-order valence-corrected chi connectivity index (χ1v) is 7.94. The summed E-state index contributed by atoms with van der Waals surface area (Å²) >= 11 is 0. The molecule has 1 aromatic heterocycles. The van der Waals surface area contributed by atoms with Crippen LogP contribution in [-0.2, 0) is 16.6 Å². The molecule has 1 heterocycles. The van der Waals surface area contributed by atoms with E-state index in [4.69, 9.17) is 0 Å². The Hall–Kier alpha value is -2.32. The Kier molecular flexibility index (Phi) is 4.53.